The zero-order valence-corrected chi connectivity index (χ0v) is 13.0. The average Bonchev–Trinajstić information content (AvgIpc) is 2.49. The fraction of sp³-hybridized carbons (Fsp3) is 0.176. The topological polar surface area (TPSA) is 41.1 Å². The average molecular weight is 298 g/mol. The van der Waals surface area contributed by atoms with Crippen LogP contribution in [0.3, 0.4) is 0 Å². The van der Waals surface area contributed by atoms with Gasteiger partial charge in [0.2, 0.25) is 0 Å². The van der Waals surface area contributed by atoms with Crippen molar-refractivity contribution in [1.82, 2.24) is 5.32 Å². The second-order valence-corrected chi connectivity index (χ2v) is 5.23. The maximum absolute atomic E-state index is 12.1. The molecular formula is C17H18N2OS. The number of nitrogens with one attached hydrogen (secondary N) is 2. The molecule has 0 aliphatic carbocycles. The fourth-order valence-corrected chi connectivity index (χ4v) is 2.08. The molecule has 2 rings (SSSR count). The molecule has 0 saturated heterocycles. The Labute approximate surface area is 130 Å². The highest BCUT2D eigenvalue weighted by Crippen LogP contribution is 2.09. The van der Waals surface area contributed by atoms with Crippen LogP contribution in [-0.2, 0) is 6.42 Å². The summed E-state index contributed by atoms with van der Waals surface area (Å²) in [4.78, 5) is 12.1. The maximum atomic E-state index is 12.1. The molecule has 0 unspecified atom stereocenters. The predicted octanol–water partition coefficient (Wildman–Crippen LogP) is 3.68. The van der Waals surface area contributed by atoms with Crippen LogP contribution in [0.15, 0.2) is 48.5 Å². The lowest BCUT2D eigenvalue weighted by Gasteiger charge is -2.10. The van der Waals surface area contributed by atoms with Gasteiger partial charge in [-0.15, -0.1) is 0 Å². The Kier molecular flexibility index (Phi) is 5.06. The van der Waals surface area contributed by atoms with Gasteiger partial charge in [0.25, 0.3) is 5.91 Å². The lowest BCUT2D eigenvalue weighted by Crippen LogP contribution is -2.34. The standard InChI is InChI=1S/C17H18N2OS/c1-3-13-6-8-14(9-7-13)16(20)19-17(21)18-15-10-4-12(2)5-11-15/h4-11H,3H2,1-2H3,(H2,18,19,20,21). The van der Waals surface area contributed by atoms with Crippen LogP contribution in [0.25, 0.3) is 0 Å². The van der Waals surface area contributed by atoms with E-state index in [4.69, 9.17) is 12.2 Å². The van der Waals surface area contributed by atoms with Crippen molar-refractivity contribution in [3.05, 3.63) is 65.2 Å². The Morgan fingerprint density at radius 1 is 1.05 bits per heavy atom. The van der Waals surface area contributed by atoms with E-state index in [-0.39, 0.29) is 5.91 Å². The summed E-state index contributed by atoms with van der Waals surface area (Å²) in [6.07, 6.45) is 0.954. The van der Waals surface area contributed by atoms with E-state index >= 15 is 0 Å². The first-order chi connectivity index (χ1) is 10.1. The Hall–Kier alpha value is -2.20. The van der Waals surface area contributed by atoms with Crippen molar-refractivity contribution >= 4 is 28.9 Å². The number of benzene rings is 2. The highest BCUT2D eigenvalue weighted by molar-refractivity contribution is 7.80. The summed E-state index contributed by atoms with van der Waals surface area (Å²) in [6.45, 7) is 4.10. The summed E-state index contributed by atoms with van der Waals surface area (Å²) in [6, 6.07) is 15.3. The molecule has 0 atom stereocenters. The quantitative estimate of drug-likeness (QED) is 0.849. The van der Waals surface area contributed by atoms with Crippen LogP contribution in [0.4, 0.5) is 5.69 Å². The Morgan fingerprint density at radius 2 is 1.67 bits per heavy atom. The van der Waals surface area contributed by atoms with Crippen LogP contribution in [0.1, 0.15) is 28.4 Å². The van der Waals surface area contributed by atoms with Crippen molar-refractivity contribution in [2.75, 3.05) is 5.32 Å². The second-order valence-electron chi connectivity index (χ2n) is 4.82. The highest BCUT2D eigenvalue weighted by Gasteiger charge is 2.07. The van der Waals surface area contributed by atoms with Gasteiger partial charge in [0.1, 0.15) is 0 Å². The number of carbonyl (C=O) groups excluding carboxylic acids is 1. The molecule has 1 amide bonds. The van der Waals surface area contributed by atoms with E-state index < -0.39 is 0 Å². The third-order valence-electron chi connectivity index (χ3n) is 3.16. The minimum Gasteiger partial charge on any atom is -0.332 e. The zero-order chi connectivity index (χ0) is 15.2. The van der Waals surface area contributed by atoms with Gasteiger partial charge in [-0.05, 0) is 55.4 Å². The minimum atomic E-state index is -0.206. The number of anilines is 1. The van der Waals surface area contributed by atoms with Gasteiger partial charge in [0.15, 0.2) is 5.11 Å². The largest absolute Gasteiger partial charge is 0.332 e. The van der Waals surface area contributed by atoms with E-state index in [0.717, 1.165) is 12.1 Å². The first kappa shape index (κ1) is 15.2. The number of hydrogen-bond donors (Lipinski definition) is 2. The van der Waals surface area contributed by atoms with Crippen molar-refractivity contribution in [3.63, 3.8) is 0 Å². The molecule has 4 heteroatoms. The van der Waals surface area contributed by atoms with Crippen LogP contribution in [0.2, 0.25) is 0 Å². The van der Waals surface area contributed by atoms with E-state index in [1.807, 2.05) is 55.5 Å². The van der Waals surface area contributed by atoms with E-state index in [1.54, 1.807) is 0 Å². The van der Waals surface area contributed by atoms with Crippen molar-refractivity contribution in [1.29, 1.82) is 0 Å². The lowest BCUT2D eigenvalue weighted by molar-refractivity contribution is 0.0977. The van der Waals surface area contributed by atoms with Gasteiger partial charge in [-0.25, -0.2) is 0 Å². The van der Waals surface area contributed by atoms with Crippen molar-refractivity contribution in [3.8, 4) is 0 Å². The molecule has 0 radical (unpaired) electrons. The summed E-state index contributed by atoms with van der Waals surface area (Å²) in [5.41, 5.74) is 3.82. The number of hydrogen-bond acceptors (Lipinski definition) is 2. The molecule has 21 heavy (non-hydrogen) atoms. The molecule has 2 N–H and O–H groups in total. The lowest BCUT2D eigenvalue weighted by atomic mass is 10.1. The summed E-state index contributed by atoms with van der Waals surface area (Å²) >= 11 is 5.15. The van der Waals surface area contributed by atoms with Gasteiger partial charge in [0.05, 0.1) is 0 Å². The molecule has 3 nitrogen and oxygen atoms in total. The van der Waals surface area contributed by atoms with Gasteiger partial charge < -0.3 is 5.32 Å². The number of amides is 1. The molecule has 0 aliphatic rings. The minimum absolute atomic E-state index is 0.206. The van der Waals surface area contributed by atoms with Gasteiger partial charge in [0, 0.05) is 11.3 Å². The Morgan fingerprint density at radius 3 is 2.24 bits per heavy atom. The third-order valence-corrected chi connectivity index (χ3v) is 3.36. The van der Waals surface area contributed by atoms with E-state index in [9.17, 15) is 4.79 Å². The van der Waals surface area contributed by atoms with Gasteiger partial charge in [-0.1, -0.05) is 36.8 Å². The Bertz CT molecular complexity index is 633. The molecule has 0 saturated carbocycles. The molecule has 0 heterocycles. The van der Waals surface area contributed by atoms with Crippen molar-refractivity contribution in [2.45, 2.75) is 20.3 Å². The fourth-order valence-electron chi connectivity index (χ4n) is 1.87. The molecule has 0 bridgehead atoms. The van der Waals surface area contributed by atoms with Crippen LogP contribution >= 0.6 is 12.2 Å². The SMILES string of the molecule is CCc1ccc(C(=O)NC(=S)Nc2ccc(C)cc2)cc1. The first-order valence-electron chi connectivity index (χ1n) is 6.86. The summed E-state index contributed by atoms with van der Waals surface area (Å²) in [5, 5.41) is 5.96. The second kappa shape index (κ2) is 6.99. The van der Waals surface area contributed by atoms with Crippen LogP contribution < -0.4 is 10.6 Å². The van der Waals surface area contributed by atoms with Gasteiger partial charge in [-0.2, -0.15) is 0 Å². The monoisotopic (exact) mass is 298 g/mol. The third kappa shape index (κ3) is 4.39. The first-order valence-corrected chi connectivity index (χ1v) is 7.27. The Balaban J connectivity index is 1.95. The van der Waals surface area contributed by atoms with E-state index in [1.165, 1.54) is 11.1 Å². The number of thiocarbonyl (C=S) groups is 1. The highest BCUT2D eigenvalue weighted by atomic mass is 32.1. The number of carbonyl (C=O) groups is 1. The molecule has 0 aromatic heterocycles. The van der Waals surface area contributed by atoms with Crippen LogP contribution in [-0.4, -0.2) is 11.0 Å². The predicted molar refractivity (Wildman–Crippen MR) is 90.7 cm³/mol. The molecule has 0 fully saturated rings. The van der Waals surface area contributed by atoms with Gasteiger partial charge >= 0.3 is 0 Å². The van der Waals surface area contributed by atoms with Crippen LogP contribution in [0, 0.1) is 6.92 Å². The molecule has 0 spiro atoms. The molecule has 2 aromatic rings. The molecule has 0 aliphatic heterocycles. The summed E-state index contributed by atoms with van der Waals surface area (Å²) in [5.74, 6) is -0.206. The number of aryl methyl sites for hydroxylation is 2. The summed E-state index contributed by atoms with van der Waals surface area (Å²) in [7, 11) is 0. The van der Waals surface area contributed by atoms with E-state index in [0.29, 0.717) is 10.7 Å². The van der Waals surface area contributed by atoms with Crippen molar-refractivity contribution < 1.29 is 4.79 Å². The normalized spacial score (nSPS) is 10.0. The zero-order valence-electron chi connectivity index (χ0n) is 12.1. The van der Waals surface area contributed by atoms with Crippen LogP contribution in [0.5, 0.6) is 0 Å². The number of rotatable bonds is 3. The van der Waals surface area contributed by atoms with E-state index in [2.05, 4.69) is 17.6 Å². The molecule has 2 aromatic carbocycles. The van der Waals surface area contributed by atoms with Gasteiger partial charge in [-0.3, -0.25) is 10.1 Å². The smallest absolute Gasteiger partial charge is 0.257 e. The van der Waals surface area contributed by atoms with Crippen molar-refractivity contribution in [2.24, 2.45) is 0 Å². The molecule has 108 valence electrons. The summed E-state index contributed by atoms with van der Waals surface area (Å²) < 4.78 is 0. The molecular weight excluding hydrogens is 280 g/mol. The maximum Gasteiger partial charge on any atom is 0.257 e.